The maximum absolute atomic E-state index is 12.2. The van der Waals surface area contributed by atoms with Gasteiger partial charge in [0.1, 0.15) is 5.69 Å². The van der Waals surface area contributed by atoms with Crippen molar-refractivity contribution < 1.29 is 9.53 Å². The second kappa shape index (κ2) is 5.33. The summed E-state index contributed by atoms with van der Waals surface area (Å²) in [5.41, 5.74) is 6.53. The molecule has 17 heavy (non-hydrogen) atoms. The van der Waals surface area contributed by atoms with Crippen molar-refractivity contribution in [1.29, 1.82) is 0 Å². The average molecular weight is 237 g/mol. The van der Waals surface area contributed by atoms with Crippen LogP contribution in [0.1, 0.15) is 16.9 Å². The Morgan fingerprint density at radius 3 is 3.12 bits per heavy atom. The van der Waals surface area contributed by atoms with Crippen molar-refractivity contribution in [2.75, 3.05) is 26.8 Å². The smallest absolute Gasteiger partial charge is 0.270 e. The molecule has 2 heterocycles. The van der Waals surface area contributed by atoms with Crippen molar-refractivity contribution in [3.63, 3.8) is 0 Å². The maximum atomic E-state index is 12.2. The van der Waals surface area contributed by atoms with E-state index in [9.17, 15) is 4.79 Å². The van der Waals surface area contributed by atoms with Crippen LogP contribution in [0.2, 0.25) is 0 Å². The molecule has 1 amide bonds. The number of likely N-dealkylation sites (tertiary alicyclic amines) is 1. The molecular formula is C12H19N3O2. The minimum atomic E-state index is 0.0686. The largest absolute Gasteiger partial charge is 0.383 e. The molecule has 0 bridgehead atoms. The molecule has 5 nitrogen and oxygen atoms in total. The molecule has 0 radical (unpaired) electrons. The van der Waals surface area contributed by atoms with Crippen LogP contribution in [0.25, 0.3) is 0 Å². The highest BCUT2D eigenvalue weighted by Gasteiger charge is 2.25. The zero-order chi connectivity index (χ0) is 12.3. The summed E-state index contributed by atoms with van der Waals surface area (Å²) in [5.74, 6) is 0.0686. The molecule has 1 atom stereocenters. The predicted octanol–water partition coefficient (Wildman–Crippen LogP) is 0.308. The summed E-state index contributed by atoms with van der Waals surface area (Å²) < 4.78 is 6.95. The monoisotopic (exact) mass is 237 g/mol. The lowest BCUT2D eigenvalue weighted by Crippen LogP contribution is -2.33. The van der Waals surface area contributed by atoms with Gasteiger partial charge in [-0.15, -0.1) is 0 Å². The Hall–Kier alpha value is -1.33. The molecule has 2 N–H and O–H groups in total. The van der Waals surface area contributed by atoms with Gasteiger partial charge in [0, 0.05) is 39.0 Å². The van der Waals surface area contributed by atoms with Gasteiger partial charge in [-0.1, -0.05) is 0 Å². The summed E-state index contributed by atoms with van der Waals surface area (Å²) in [6, 6.07) is 3.86. The highest BCUT2D eigenvalue weighted by Crippen LogP contribution is 2.13. The third kappa shape index (κ3) is 2.68. The average Bonchev–Trinajstić information content (AvgIpc) is 2.94. The molecule has 0 saturated carbocycles. The molecular weight excluding hydrogens is 218 g/mol. The highest BCUT2D eigenvalue weighted by molar-refractivity contribution is 5.93. The van der Waals surface area contributed by atoms with Crippen molar-refractivity contribution >= 4 is 5.91 Å². The van der Waals surface area contributed by atoms with Crippen LogP contribution in [0.15, 0.2) is 18.3 Å². The van der Waals surface area contributed by atoms with Crippen molar-refractivity contribution in [2.45, 2.75) is 19.0 Å². The molecule has 0 aromatic carbocycles. The SMILES string of the molecule is COCCn1cccc1C(=O)N1CC[C@@H](N)C1. The number of nitrogens with two attached hydrogens (primary N) is 1. The number of carbonyl (C=O) groups is 1. The quantitative estimate of drug-likeness (QED) is 0.819. The normalized spacial score (nSPS) is 19.9. The Morgan fingerprint density at radius 1 is 1.65 bits per heavy atom. The first-order chi connectivity index (χ1) is 8.22. The van der Waals surface area contributed by atoms with Gasteiger partial charge in [0.05, 0.1) is 6.61 Å². The van der Waals surface area contributed by atoms with Crippen LogP contribution in [0.5, 0.6) is 0 Å². The lowest BCUT2D eigenvalue weighted by atomic mass is 10.3. The van der Waals surface area contributed by atoms with Gasteiger partial charge in [0.15, 0.2) is 0 Å². The second-order valence-corrected chi connectivity index (χ2v) is 4.38. The fourth-order valence-corrected chi connectivity index (χ4v) is 2.13. The fraction of sp³-hybridized carbons (Fsp3) is 0.583. The fourth-order valence-electron chi connectivity index (χ4n) is 2.13. The summed E-state index contributed by atoms with van der Waals surface area (Å²) in [5, 5.41) is 0. The van der Waals surface area contributed by atoms with E-state index in [4.69, 9.17) is 10.5 Å². The number of hydrogen-bond donors (Lipinski definition) is 1. The van der Waals surface area contributed by atoms with E-state index in [2.05, 4.69) is 0 Å². The first-order valence-electron chi connectivity index (χ1n) is 5.91. The number of methoxy groups -OCH3 is 1. The Balaban J connectivity index is 2.06. The molecule has 1 aromatic rings. The lowest BCUT2D eigenvalue weighted by Gasteiger charge is -2.17. The van der Waals surface area contributed by atoms with E-state index in [1.54, 1.807) is 7.11 Å². The summed E-state index contributed by atoms with van der Waals surface area (Å²) in [6.07, 6.45) is 2.80. The molecule has 1 saturated heterocycles. The second-order valence-electron chi connectivity index (χ2n) is 4.38. The summed E-state index contributed by atoms with van der Waals surface area (Å²) >= 11 is 0. The first kappa shape index (κ1) is 12.1. The van der Waals surface area contributed by atoms with E-state index in [0.717, 1.165) is 18.7 Å². The molecule has 2 rings (SSSR count). The first-order valence-corrected chi connectivity index (χ1v) is 5.91. The van der Waals surface area contributed by atoms with E-state index in [-0.39, 0.29) is 11.9 Å². The van der Waals surface area contributed by atoms with Crippen LogP contribution >= 0.6 is 0 Å². The van der Waals surface area contributed by atoms with Gasteiger partial charge in [-0.2, -0.15) is 0 Å². The van der Waals surface area contributed by atoms with Crippen molar-refractivity contribution in [3.05, 3.63) is 24.0 Å². The Labute approximate surface area is 101 Å². The van der Waals surface area contributed by atoms with Gasteiger partial charge < -0.3 is 19.9 Å². The van der Waals surface area contributed by atoms with Crippen molar-refractivity contribution in [1.82, 2.24) is 9.47 Å². The molecule has 0 unspecified atom stereocenters. The molecule has 5 heteroatoms. The zero-order valence-corrected chi connectivity index (χ0v) is 10.1. The zero-order valence-electron chi connectivity index (χ0n) is 10.1. The van der Waals surface area contributed by atoms with E-state index in [1.807, 2.05) is 27.8 Å². The minimum Gasteiger partial charge on any atom is -0.383 e. The van der Waals surface area contributed by atoms with Crippen LogP contribution in [0.3, 0.4) is 0 Å². The van der Waals surface area contributed by atoms with Gasteiger partial charge in [-0.3, -0.25) is 4.79 Å². The molecule has 94 valence electrons. The summed E-state index contributed by atoms with van der Waals surface area (Å²) in [4.78, 5) is 14.1. The summed E-state index contributed by atoms with van der Waals surface area (Å²) in [7, 11) is 1.66. The van der Waals surface area contributed by atoms with Crippen LogP contribution in [0, 0.1) is 0 Å². The van der Waals surface area contributed by atoms with E-state index < -0.39 is 0 Å². The number of nitrogens with zero attached hydrogens (tertiary/aromatic N) is 2. The lowest BCUT2D eigenvalue weighted by molar-refractivity contribution is 0.0777. The molecule has 0 spiro atoms. The van der Waals surface area contributed by atoms with Crippen molar-refractivity contribution in [3.8, 4) is 0 Å². The molecule has 1 aliphatic heterocycles. The molecule has 1 aliphatic rings. The highest BCUT2D eigenvalue weighted by atomic mass is 16.5. The van der Waals surface area contributed by atoms with E-state index in [1.165, 1.54) is 0 Å². The van der Waals surface area contributed by atoms with Crippen LogP contribution in [-0.2, 0) is 11.3 Å². The van der Waals surface area contributed by atoms with Crippen molar-refractivity contribution in [2.24, 2.45) is 5.73 Å². The Morgan fingerprint density at radius 2 is 2.47 bits per heavy atom. The summed E-state index contributed by atoms with van der Waals surface area (Å²) in [6.45, 7) is 2.72. The maximum Gasteiger partial charge on any atom is 0.270 e. The van der Waals surface area contributed by atoms with Crippen LogP contribution in [-0.4, -0.2) is 48.2 Å². The number of aromatic nitrogens is 1. The topological polar surface area (TPSA) is 60.5 Å². The minimum absolute atomic E-state index is 0.0686. The Bertz CT molecular complexity index is 389. The number of ether oxygens (including phenoxy) is 1. The van der Waals surface area contributed by atoms with E-state index >= 15 is 0 Å². The number of carbonyl (C=O) groups excluding carboxylic acids is 1. The van der Waals surface area contributed by atoms with Gasteiger partial charge in [0.2, 0.25) is 0 Å². The standard InChI is InChI=1S/C12H19N3O2/c1-17-8-7-14-5-2-3-11(14)12(16)15-6-4-10(13)9-15/h2-3,5,10H,4,6-9,13H2,1H3/t10-/m1/s1. The third-order valence-corrected chi connectivity index (χ3v) is 3.10. The third-order valence-electron chi connectivity index (χ3n) is 3.10. The molecule has 0 aliphatic carbocycles. The Kier molecular flexibility index (Phi) is 3.81. The number of rotatable bonds is 4. The number of amides is 1. The van der Waals surface area contributed by atoms with Crippen LogP contribution in [0.4, 0.5) is 0 Å². The van der Waals surface area contributed by atoms with Gasteiger partial charge in [-0.25, -0.2) is 0 Å². The van der Waals surface area contributed by atoms with Crippen LogP contribution < -0.4 is 5.73 Å². The molecule has 1 aromatic heterocycles. The molecule has 1 fully saturated rings. The number of hydrogen-bond acceptors (Lipinski definition) is 3. The van der Waals surface area contributed by atoms with Gasteiger partial charge in [-0.05, 0) is 18.6 Å². The predicted molar refractivity (Wildman–Crippen MR) is 64.8 cm³/mol. The van der Waals surface area contributed by atoms with Gasteiger partial charge in [0.25, 0.3) is 5.91 Å². The van der Waals surface area contributed by atoms with E-state index in [0.29, 0.717) is 19.7 Å². The van der Waals surface area contributed by atoms with Gasteiger partial charge >= 0.3 is 0 Å².